The summed E-state index contributed by atoms with van der Waals surface area (Å²) in [6.45, 7) is 10.2. The molecule has 0 saturated heterocycles. The molecule has 0 aliphatic carbocycles. The van der Waals surface area contributed by atoms with Crippen molar-refractivity contribution in [2.24, 2.45) is 5.41 Å². The lowest BCUT2D eigenvalue weighted by molar-refractivity contribution is -0.129. The minimum absolute atomic E-state index is 0.0296. The largest absolute Gasteiger partial charge is 0.476 e. The van der Waals surface area contributed by atoms with Crippen LogP contribution in [0.3, 0.4) is 0 Å². The number of nitrogens with one attached hydrogen (secondary N) is 1. The van der Waals surface area contributed by atoms with Gasteiger partial charge in [-0.3, -0.25) is 9.10 Å². The van der Waals surface area contributed by atoms with Gasteiger partial charge >= 0.3 is 0 Å². The first kappa shape index (κ1) is 23.1. The molecule has 1 aliphatic rings. The maximum Gasteiger partial charge on any atom is 0.263 e. The summed E-state index contributed by atoms with van der Waals surface area (Å²) in [5.41, 5.74) is 0.723. The highest BCUT2D eigenvalue weighted by molar-refractivity contribution is 7.92. The van der Waals surface area contributed by atoms with Gasteiger partial charge in [-0.05, 0) is 43.4 Å². The molecule has 31 heavy (non-hydrogen) atoms. The summed E-state index contributed by atoms with van der Waals surface area (Å²) in [5, 5.41) is 3.05. The normalized spacial score (nSPS) is 16.9. The number of benzene rings is 2. The van der Waals surface area contributed by atoms with Crippen LogP contribution in [0.15, 0.2) is 54.6 Å². The van der Waals surface area contributed by atoms with Crippen molar-refractivity contribution in [1.29, 1.82) is 0 Å². The van der Waals surface area contributed by atoms with Crippen LogP contribution in [0, 0.1) is 5.41 Å². The molecular formula is C24H32N2O4S. The number of carbonyl (C=O) groups excluding carboxylic acids is 1. The fourth-order valence-electron chi connectivity index (χ4n) is 4.25. The van der Waals surface area contributed by atoms with E-state index in [4.69, 9.17) is 4.74 Å². The van der Waals surface area contributed by atoms with E-state index >= 15 is 0 Å². The standard InChI is InChI=1S/C24H32N2O4S/c1-23(2,3)17-24(4,5)25-22(27)21-15-26(19-13-9-10-14-20(19)30-21)31(28,29)16-18-11-7-6-8-12-18/h6-14,21H,15-17H2,1-5H3,(H,25,27)/t21-/m0/s1. The van der Waals surface area contributed by atoms with Crippen molar-refractivity contribution < 1.29 is 17.9 Å². The van der Waals surface area contributed by atoms with Crippen molar-refractivity contribution in [3.05, 3.63) is 60.2 Å². The molecule has 0 bridgehead atoms. The number of amides is 1. The van der Waals surface area contributed by atoms with Gasteiger partial charge in [-0.15, -0.1) is 0 Å². The number of para-hydroxylation sites is 2. The predicted octanol–water partition coefficient (Wildman–Crippen LogP) is 4.12. The van der Waals surface area contributed by atoms with Crippen LogP contribution < -0.4 is 14.4 Å². The maximum absolute atomic E-state index is 13.3. The van der Waals surface area contributed by atoms with Gasteiger partial charge in [-0.25, -0.2) is 8.42 Å². The van der Waals surface area contributed by atoms with E-state index in [-0.39, 0.29) is 23.6 Å². The van der Waals surface area contributed by atoms with Gasteiger partial charge in [0.1, 0.15) is 5.75 Å². The van der Waals surface area contributed by atoms with Crippen LogP contribution in [0.4, 0.5) is 5.69 Å². The number of rotatable bonds is 6. The van der Waals surface area contributed by atoms with Gasteiger partial charge in [0, 0.05) is 5.54 Å². The highest BCUT2D eigenvalue weighted by Crippen LogP contribution is 2.36. The second-order valence-electron chi connectivity index (χ2n) is 9.96. The first-order chi connectivity index (χ1) is 14.4. The molecule has 0 saturated carbocycles. The molecule has 0 radical (unpaired) electrons. The Hall–Kier alpha value is -2.54. The zero-order valence-electron chi connectivity index (χ0n) is 18.9. The summed E-state index contributed by atoms with van der Waals surface area (Å²) >= 11 is 0. The Morgan fingerprint density at radius 1 is 1.03 bits per heavy atom. The summed E-state index contributed by atoms with van der Waals surface area (Å²) in [6, 6.07) is 16.0. The van der Waals surface area contributed by atoms with E-state index in [1.54, 1.807) is 36.4 Å². The molecule has 2 aromatic carbocycles. The Morgan fingerprint density at radius 3 is 2.29 bits per heavy atom. The molecule has 1 atom stereocenters. The third-order valence-corrected chi connectivity index (χ3v) is 6.70. The lowest BCUT2D eigenvalue weighted by Crippen LogP contribution is -2.55. The van der Waals surface area contributed by atoms with Crippen molar-refractivity contribution in [2.45, 2.75) is 58.4 Å². The predicted molar refractivity (Wildman–Crippen MR) is 124 cm³/mol. The fourth-order valence-corrected chi connectivity index (χ4v) is 5.83. The lowest BCUT2D eigenvalue weighted by Gasteiger charge is -2.38. The number of anilines is 1. The minimum Gasteiger partial charge on any atom is -0.476 e. The van der Waals surface area contributed by atoms with E-state index in [0.29, 0.717) is 17.0 Å². The van der Waals surface area contributed by atoms with Crippen LogP contribution in [-0.4, -0.2) is 32.5 Å². The smallest absolute Gasteiger partial charge is 0.263 e. The SMILES string of the molecule is CC(C)(C)CC(C)(C)NC(=O)[C@@H]1CN(S(=O)(=O)Cc2ccccc2)c2ccccc2O1. The Balaban J connectivity index is 1.85. The summed E-state index contributed by atoms with van der Waals surface area (Å²) in [7, 11) is -3.72. The molecule has 3 rings (SSSR count). The third-order valence-electron chi connectivity index (χ3n) is 4.99. The number of fused-ring (bicyclic) bond motifs is 1. The zero-order chi connectivity index (χ0) is 22.9. The minimum atomic E-state index is -3.72. The second kappa shape index (κ2) is 8.54. The van der Waals surface area contributed by atoms with Crippen molar-refractivity contribution in [2.75, 3.05) is 10.8 Å². The van der Waals surface area contributed by atoms with Crippen LogP contribution in [0.25, 0.3) is 0 Å². The average molecular weight is 445 g/mol. The molecule has 1 N–H and O–H groups in total. The van der Waals surface area contributed by atoms with Gasteiger partial charge in [0.15, 0.2) is 6.10 Å². The van der Waals surface area contributed by atoms with Crippen LogP contribution in [0.2, 0.25) is 0 Å². The van der Waals surface area contributed by atoms with E-state index < -0.39 is 21.7 Å². The van der Waals surface area contributed by atoms with Gasteiger partial charge in [0.05, 0.1) is 18.0 Å². The molecule has 1 heterocycles. The molecule has 1 amide bonds. The molecule has 0 unspecified atom stereocenters. The van der Waals surface area contributed by atoms with Gasteiger partial charge in [-0.1, -0.05) is 63.2 Å². The van der Waals surface area contributed by atoms with E-state index in [2.05, 4.69) is 26.1 Å². The quantitative estimate of drug-likeness (QED) is 0.727. The Bertz CT molecular complexity index is 1030. The first-order valence-electron chi connectivity index (χ1n) is 10.5. The average Bonchev–Trinajstić information content (AvgIpc) is 2.65. The third kappa shape index (κ3) is 6.00. The van der Waals surface area contributed by atoms with Crippen LogP contribution in [0.5, 0.6) is 5.75 Å². The summed E-state index contributed by atoms with van der Waals surface area (Å²) in [6.07, 6.45) is -0.162. The Kier molecular flexibility index (Phi) is 6.37. The van der Waals surface area contributed by atoms with Crippen LogP contribution in [0.1, 0.15) is 46.6 Å². The summed E-state index contributed by atoms with van der Waals surface area (Å²) < 4.78 is 33.8. The molecule has 7 heteroatoms. The van der Waals surface area contributed by atoms with Crippen molar-refractivity contribution in [3.63, 3.8) is 0 Å². The van der Waals surface area contributed by atoms with E-state index in [0.717, 1.165) is 6.42 Å². The van der Waals surface area contributed by atoms with Crippen LogP contribution >= 0.6 is 0 Å². The summed E-state index contributed by atoms with van der Waals surface area (Å²) in [5.74, 6) is -0.0747. The highest BCUT2D eigenvalue weighted by atomic mass is 32.2. The van der Waals surface area contributed by atoms with E-state index in [9.17, 15) is 13.2 Å². The molecular weight excluding hydrogens is 412 g/mol. The molecule has 168 valence electrons. The van der Waals surface area contributed by atoms with Crippen molar-refractivity contribution in [3.8, 4) is 5.75 Å². The number of hydrogen-bond acceptors (Lipinski definition) is 4. The molecule has 1 aliphatic heterocycles. The number of ether oxygens (including phenoxy) is 1. The zero-order valence-corrected chi connectivity index (χ0v) is 19.7. The monoisotopic (exact) mass is 444 g/mol. The Labute approximate surface area is 185 Å². The topological polar surface area (TPSA) is 75.7 Å². The molecule has 0 spiro atoms. The molecule has 0 aromatic heterocycles. The molecule has 2 aromatic rings. The lowest BCUT2D eigenvalue weighted by atomic mass is 9.81. The van der Waals surface area contributed by atoms with Gasteiger partial charge in [0.2, 0.25) is 10.0 Å². The van der Waals surface area contributed by atoms with Gasteiger partial charge in [-0.2, -0.15) is 0 Å². The fraction of sp³-hybridized carbons (Fsp3) is 0.458. The second-order valence-corrected chi connectivity index (χ2v) is 11.9. The number of sulfonamides is 1. The highest BCUT2D eigenvalue weighted by Gasteiger charge is 2.38. The Morgan fingerprint density at radius 2 is 1.65 bits per heavy atom. The number of carbonyl (C=O) groups is 1. The molecule has 6 nitrogen and oxygen atoms in total. The van der Waals surface area contributed by atoms with Crippen molar-refractivity contribution >= 4 is 21.6 Å². The molecule has 0 fully saturated rings. The van der Waals surface area contributed by atoms with E-state index in [1.165, 1.54) is 4.31 Å². The number of nitrogens with zero attached hydrogens (tertiary/aromatic N) is 1. The first-order valence-corrected chi connectivity index (χ1v) is 12.1. The number of hydrogen-bond donors (Lipinski definition) is 1. The van der Waals surface area contributed by atoms with E-state index in [1.807, 2.05) is 32.0 Å². The van der Waals surface area contributed by atoms with Gasteiger partial charge in [0.25, 0.3) is 5.91 Å². The van der Waals surface area contributed by atoms with Gasteiger partial charge < -0.3 is 10.1 Å². The summed E-state index contributed by atoms with van der Waals surface area (Å²) in [4.78, 5) is 13.1. The maximum atomic E-state index is 13.3. The van der Waals surface area contributed by atoms with Crippen molar-refractivity contribution in [1.82, 2.24) is 5.32 Å². The van der Waals surface area contributed by atoms with Crippen LogP contribution in [-0.2, 0) is 20.6 Å².